The average molecular weight is 218 g/mol. The molecule has 0 bridgehead atoms. The van der Waals surface area contributed by atoms with Crippen molar-refractivity contribution in [2.45, 2.75) is 66.2 Å². The Morgan fingerprint density at radius 2 is 1.69 bits per heavy atom. The molecule has 0 aromatic heterocycles. The molecule has 0 saturated heterocycles. The predicted molar refractivity (Wildman–Crippen MR) is 73.3 cm³/mol. The van der Waals surface area contributed by atoms with E-state index in [4.69, 9.17) is 0 Å². The highest BCUT2D eigenvalue weighted by Crippen LogP contribution is 2.32. The van der Waals surface area contributed by atoms with Crippen molar-refractivity contribution in [1.82, 2.24) is 0 Å². The van der Waals surface area contributed by atoms with Gasteiger partial charge in [0.15, 0.2) is 0 Å². The standard InChI is InChI=1S/C16H26/c1-8-13-9-14(11(2)3)12(4)15(10-13)16(5,6)7/h9-11H,8H2,1-7H3. The molecule has 0 saturated carbocycles. The molecule has 0 aliphatic rings. The summed E-state index contributed by atoms with van der Waals surface area (Å²) in [6.45, 7) is 16.0. The van der Waals surface area contributed by atoms with Crippen molar-refractivity contribution in [2.75, 3.05) is 0 Å². The Balaban J connectivity index is 3.44. The van der Waals surface area contributed by atoms with Gasteiger partial charge in [-0.05, 0) is 46.9 Å². The van der Waals surface area contributed by atoms with Crippen LogP contribution in [0.2, 0.25) is 0 Å². The molecule has 0 heteroatoms. The van der Waals surface area contributed by atoms with E-state index in [0.29, 0.717) is 5.92 Å². The first-order valence-electron chi connectivity index (χ1n) is 6.41. The summed E-state index contributed by atoms with van der Waals surface area (Å²) in [5, 5.41) is 0. The summed E-state index contributed by atoms with van der Waals surface area (Å²) >= 11 is 0. The zero-order valence-corrected chi connectivity index (χ0v) is 11.9. The zero-order chi connectivity index (χ0) is 12.5. The fourth-order valence-electron chi connectivity index (χ4n) is 2.38. The topological polar surface area (TPSA) is 0 Å². The third-order valence-corrected chi connectivity index (χ3v) is 3.35. The van der Waals surface area contributed by atoms with E-state index in [1.165, 1.54) is 22.3 Å². The van der Waals surface area contributed by atoms with Crippen molar-refractivity contribution in [3.63, 3.8) is 0 Å². The van der Waals surface area contributed by atoms with Gasteiger partial charge in [0, 0.05) is 0 Å². The second-order valence-electron chi connectivity index (χ2n) is 6.12. The molecule has 0 nitrogen and oxygen atoms in total. The van der Waals surface area contributed by atoms with Crippen molar-refractivity contribution in [3.8, 4) is 0 Å². The summed E-state index contributed by atoms with van der Waals surface area (Å²) in [6, 6.07) is 4.77. The summed E-state index contributed by atoms with van der Waals surface area (Å²) in [5.41, 5.74) is 6.23. The Morgan fingerprint density at radius 1 is 1.12 bits per heavy atom. The van der Waals surface area contributed by atoms with Crippen LogP contribution >= 0.6 is 0 Å². The molecule has 90 valence electrons. The number of rotatable bonds is 2. The molecule has 0 aliphatic carbocycles. The monoisotopic (exact) mass is 218 g/mol. The van der Waals surface area contributed by atoms with Crippen LogP contribution in [0.4, 0.5) is 0 Å². The Bertz CT molecular complexity index is 364. The molecule has 0 spiro atoms. The van der Waals surface area contributed by atoms with E-state index in [0.717, 1.165) is 6.42 Å². The van der Waals surface area contributed by atoms with E-state index in [-0.39, 0.29) is 5.41 Å². The van der Waals surface area contributed by atoms with Crippen LogP contribution in [0.25, 0.3) is 0 Å². The fourth-order valence-corrected chi connectivity index (χ4v) is 2.38. The van der Waals surface area contributed by atoms with Crippen LogP contribution in [-0.4, -0.2) is 0 Å². The summed E-state index contributed by atoms with van der Waals surface area (Å²) in [5.74, 6) is 0.618. The molecule has 0 N–H and O–H groups in total. The highest BCUT2D eigenvalue weighted by molar-refractivity contribution is 5.43. The average Bonchev–Trinajstić information content (AvgIpc) is 2.15. The zero-order valence-electron chi connectivity index (χ0n) is 11.9. The van der Waals surface area contributed by atoms with E-state index in [1.807, 2.05) is 0 Å². The maximum atomic E-state index is 2.39. The molecule has 0 radical (unpaired) electrons. The molecule has 0 amide bonds. The third-order valence-electron chi connectivity index (χ3n) is 3.35. The van der Waals surface area contributed by atoms with Gasteiger partial charge in [0.1, 0.15) is 0 Å². The van der Waals surface area contributed by atoms with Crippen LogP contribution in [0, 0.1) is 6.92 Å². The first-order chi connectivity index (χ1) is 7.27. The first kappa shape index (κ1) is 13.3. The van der Waals surface area contributed by atoms with E-state index in [2.05, 4.69) is 60.6 Å². The molecule has 1 aromatic carbocycles. The van der Waals surface area contributed by atoms with Crippen molar-refractivity contribution in [3.05, 3.63) is 34.4 Å². The molecule has 1 aromatic rings. The summed E-state index contributed by atoms with van der Waals surface area (Å²) in [7, 11) is 0. The Hall–Kier alpha value is -0.780. The molecule has 0 fully saturated rings. The molecule has 0 aliphatic heterocycles. The Kier molecular flexibility index (Phi) is 3.83. The van der Waals surface area contributed by atoms with Crippen LogP contribution in [0.3, 0.4) is 0 Å². The SMILES string of the molecule is CCc1cc(C(C)C)c(C)c(C(C)(C)C)c1. The minimum Gasteiger partial charge on any atom is -0.0613 e. The van der Waals surface area contributed by atoms with E-state index in [1.54, 1.807) is 0 Å². The molecule has 1 rings (SSSR count). The van der Waals surface area contributed by atoms with Crippen LogP contribution in [-0.2, 0) is 11.8 Å². The summed E-state index contributed by atoms with van der Waals surface area (Å²) in [6.07, 6.45) is 1.13. The number of hydrogen-bond donors (Lipinski definition) is 0. The van der Waals surface area contributed by atoms with Gasteiger partial charge in [-0.15, -0.1) is 0 Å². The van der Waals surface area contributed by atoms with Crippen molar-refractivity contribution in [1.29, 1.82) is 0 Å². The number of aryl methyl sites for hydroxylation is 1. The molecule has 0 heterocycles. The van der Waals surface area contributed by atoms with Crippen LogP contribution in [0.1, 0.15) is 69.7 Å². The van der Waals surface area contributed by atoms with Crippen molar-refractivity contribution in [2.24, 2.45) is 0 Å². The lowest BCUT2D eigenvalue weighted by atomic mass is 9.79. The number of benzene rings is 1. The van der Waals surface area contributed by atoms with Gasteiger partial charge in [-0.1, -0.05) is 53.7 Å². The second-order valence-corrected chi connectivity index (χ2v) is 6.12. The highest BCUT2D eigenvalue weighted by Gasteiger charge is 2.19. The fraction of sp³-hybridized carbons (Fsp3) is 0.625. The van der Waals surface area contributed by atoms with Gasteiger partial charge in [-0.2, -0.15) is 0 Å². The quantitative estimate of drug-likeness (QED) is 0.657. The van der Waals surface area contributed by atoms with Crippen molar-refractivity contribution < 1.29 is 0 Å². The van der Waals surface area contributed by atoms with Gasteiger partial charge < -0.3 is 0 Å². The molecule has 16 heavy (non-hydrogen) atoms. The van der Waals surface area contributed by atoms with Gasteiger partial charge in [0.05, 0.1) is 0 Å². The van der Waals surface area contributed by atoms with Gasteiger partial charge in [-0.25, -0.2) is 0 Å². The van der Waals surface area contributed by atoms with E-state index >= 15 is 0 Å². The number of hydrogen-bond acceptors (Lipinski definition) is 0. The van der Waals surface area contributed by atoms with Gasteiger partial charge in [0.25, 0.3) is 0 Å². The first-order valence-corrected chi connectivity index (χ1v) is 6.41. The maximum Gasteiger partial charge on any atom is -0.0129 e. The van der Waals surface area contributed by atoms with Gasteiger partial charge in [0.2, 0.25) is 0 Å². The van der Waals surface area contributed by atoms with Crippen molar-refractivity contribution >= 4 is 0 Å². The lowest BCUT2D eigenvalue weighted by Crippen LogP contribution is -2.15. The van der Waals surface area contributed by atoms with Crippen LogP contribution in [0.15, 0.2) is 12.1 Å². The molecular formula is C16H26. The normalized spacial score (nSPS) is 12.2. The lowest BCUT2D eigenvalue weighted by Gasteiger charge is -2.26. The van der Waals surface area contributed by atoms with Gasteiger partial charge >= 0.3 is 0 Å². The predicted octanol–water partition coefficient (Wildman–Crippen LogP) is 4.98. The van der Waals surface area contributed by atoms with E-state index < -0.39 is 0 Å². The minimum atomic E-state index is 0.249. The minimum absolute atomic E-state index is 0.249. The maximum absolute atomic E-state index is 2.39. The third kappa shape index (κ3) is 2.66. The van der Waals surface area contributed by atoms with Crippen LogP contribution in [0.5, 0.6) is 0 Å². The highest BCUT2D eigenvalue weighted by atomic mass is 14.2. The summed E-state index contributed by atoms with van der Waals surface area (Å²) < 4.78 is 0. The Morgan fingerprint density at radius 3 is 2.06 bits per heavy atom. The molecule has 0 atom stereocenters. The Labute approximate surface area is 101 Å². The smallest absolute Gasteiger partial charge is 0.0129 e. The summed E-state index contributed by atoms with van der Waals surface area (Å²) in [4.78, 5) is 0. The van der Waals surface area contributed by atoms with E-state index in [9.17, 15) is 0 Å². The second kappa shape index (κ2) is 4.61. The van der Waals surface area contributed by atoms with Crippen LogP contribution < -0.4 is 0 Å². The largest absolute Gasteiger partial charge is 0.0613 e. The lowest BCUT2D eigenvalue weighted by molar-refractivity contribution is 0.582. The molecule has 0 unspecified atom stereocenters. The molecular weight excluding hydrogens is 192 g/mol. The van der Waals surface area contributed by atoms with Gasteiger partial charge in [-0.3, -0.25) is 0 Å².